The first-order valence-corrected chi connectivity index (χ1v) is 10.4. The maximum Gasteiger partial charge on any atom is 0.257 e. The van der Waals surface area contributed by atoms with Gasteiger partial charge in [-0.05, 0) is 57.8 Å². The summed E-state index contributed by atoms with van der Waals surface area (Å²) >= 11 is 0. The lowest BCUT2D eigenvalue weighted by Crippen LogP contribution is -2.51. The van der Waals surface area contributed by atoms with E-state index in [-0.39, 0.29) is 17.4 Å². The molecular weight excluding hydrogens is 354 g/mol. The first-order chi connectivity index (χ1) is 13.4. The number of nitrogens with zero attached hydrogens (tertiary/aromatic N) is 3. The molecule has 0 saturated carbocycles. The molecule has 3 rings (SSSR count). The summed E-state index contributed by atoms with van der Waals surface area (Å²) in [5.74, 6) is 0.664. The van der Waals surface area contributed by atoms with E-state index in [0.29, 0.717) is 31.0 Å². The number of carbonyl (C=O) groups is 2. The van der Waals surface area contributed by atoms with Gasteiger partial charge in [-0.15, -0.1) is 0 Å². The Bertz CT molecular complexity index is 708. The maximum absolute atomic E-state index is 13.2. The number of likely N-dealkylation sites (N-methyl/N-ethyl adjacent to an activating group) is 2. The van der Waals surface area contributed by atoms with Crippen LogP contribution in [0.4, 0.5) is 0 Å². The molecule has 0 aromatic heterocycles. The summed E-state index contributed by atoms with van der Waals surface area (Å²) in [5.41, 5.74) is 0.609. The van der Waals surface area contributed by atoms with Gasteiger partial charge in [0.15, 0.2) is 0 Å². The second-order valence-corrected chi connectivity index (χ2v) is 8.22. The van der Waals surface area contributed by atoms with Crippen LogP contribution >= 0.6 is 0 Å². The Labute approximate surface area is 168 Å². The number of carbonyl (C=O) groups excluding carboxylic acids is 2. The van der Waals surface area contributed by atoms with E-state index in [1.165, 1.54) is 0 Å². The van der Waals surface area contributed by atoms with Gasteiger partial charge in [-0.25, -0.2) is 0 Å². The normalized spacial score (nSPS) is 25.3. The Kier molecular flexibility index (Phi) is 6.60. The van der Waals surface area contributed by atoms with Crippen molar-refractivity contribution in [1.29, 1.82) is 0 Å². The average molecular weight is 388 g/mol. The lowest BCUT2D eigenvalue weighted by atomic mass is 9.89. The summed E-state index contributed by atoms with van der Waals surface area (Å²) in [6.45, 7) is 5.09. The minimum absolute atomic E-state index is 0.00393. The monoisotopic (exact) mass is 387 g/mol. The van der Waals surface area contributed by atoms with E-state index < -0.39 is 0 Å². The Hall–Kier alpha value is -2.08. The molecule has 1 atom stereocenters. The molecule has 6 nitrogen and oxygen atoms in total. The van der Waals surface area contributed by atoms with Crippen LogP contribution in [0.15, 0.2) is 24.3 Å². The smallest absolute Gasteiger partial charge is 0.257 e. The van der Waals surface area contributed by atoms with Gasteiger partial charge in [-0.1, -0.05) is 12.1 Å². The molecule has 1 spiro atoms. The van der Waals surface area contributed by atoms with Gasteiger partial charge in [0.25, 0.3) is 5.91 Å². The van der Waals surface area contributed by atoms with Crippen LogP contribution in [0.2, 0.25) is 0 Å². The topological polar surface area (TPSA) is 53.1 Å². The molecule has 154 valence electrons. The van der Waals surface area contributed by atoms with Gasteiger partial charge in [0.05, 0.1) is 12.1 Å². The zero-order valence-corrected chi connectivity index (χ0v) is 17.4. The van der Waals surface area contributed by atoms with Crippen molar-refractivity contribution in [2.24, 2.45) is 0 Å². The molecule has 2 amide bonds. The summed E-state index contributed by atoms with van der Waals surface area (Å²) in [5, 5.41) is 0. The van der Waals surface area contributed by atoms with Gasteiger partial charge in [-0.3, -0.25) is 14.5 Å². The van der Waals surface area contributed by atoms with Gasteiger partial charge < -0.3 is 14.5 Å². The molecule has 0 radical (unpaired) electrons. The van der Waals surface area contributed by atoms with Crippen molar-refractivity contribution in [3.63, 3.8) is 0 Å². The molecule has 1 saturated heterocycles. The number of hydrogen-bond donors (Lipinski definition) is 0. The lowest BCUT2D eigenvalue weighted by molar-refractivity contribution is -0.129. The number of likely N-dealkylation sites (tertiary alicyclic amines) is 1. The molecule has 0 aliphatic carbocycles. The van der Waals surface area contributed by atoms with Crippen LogP contribution in [0.25, 0.3) is 0 Å². The fourth-order valence-electron chi connectivity index (χ4n) is 4.61. The molecule has 2 aliphatic rings. The average Bonchev–Trinajstić information content (AvgIpc) is 3.02. The second kappa shape index (κ2) is 8.95. The zero-order valence-electron chi connectivity index (χ0n) is 17.4. The molecule has 0 N–H and O–H groups in total. The number of hydrogen-bond acceptors (Lipinski definition) is 4. The molecule has 2 heterocycles. The summed E-state index contributed by atoms with van der Waals surface area (Å²) in [7, 11) is 4.07. The van der Waals surface area contributed by atoms with E-state index in [2.05, 4.69) is 11.9 Å². The van der Waals surface area contributed by atoms with Crippen LogP contribution in [-0.2, 0) is 4.79 Å². The predicted molar refractivity (Wildman–Crippen MR) is 110 cm³/mol. The third kappa shape index (κ3) is 4.49. The molecular formula is C22H33N3O3. The highest BCUT2D eigenvalue weighted by atomic mass is 16.5. The van der Waals surface area contributed by atoms with Crippen molar-refractivity contribution in [1.82, 2.24) is 14.7 Å². The van der Waals surface area contributed by atoms with Crippen molar-refractivity contribution in [2.45, 2.75) is 44.6 Å². The quantitative estimate of drug-likeness (QED) is 0.687. The summed E-state index contributed by atoms with van der Waals surface area (Å²) in [4.78, 5) is 31.3. The lowest BCUT2D eigenvalue weighted by Gasteiger charge is -2.40. The van der Waals surface area contributed by atoms with Crippen molar-refractivity contribution in [2.75, 3.05) is 46.9 Å². The molecule has 1 fully saturated rings. The standard InChI is InChI=1S/C22H33N3O3/c1-18(26)25-14-7-6-11-22(12-8-13-24(22)3)17-23(2)21(27)19-9-4-5-10-20(19)28-16-15-25/h4-5,9-10H,6-8,11-17H2,1-3H3/t22-/m1/s1. The fraction of sp³-hybridized carbons (Fsp3) is 0.636. The Morgan fingerprint density at radius 3 is 2.50 bits per heavy atom. The van der Waals surface area contributed by atoms with Gasteiger partial charge in [0.2, 0.25) is 5.91 Å². The highest BCUT2D eigenvalue weighted by Crippen LogP contribution is 2.34. The number of amides is 2. The van der Waals surface area contributed by atoms with Crippen molar-refractivity contribution in [3.8, 4) is 5.75 Å². The van der Waals surface area contributed by atoms with Crippen LogP contribution in [-0.4, -0.2) is 78.9 Å². The van der Waals surface area contributed by atoms with Crippen LogP contribution < -0.4 is 4.74 Å². The zero-order chi connectivity index (χ0) is 20.1. The Balaban J connectivity index is 1.88. The molecule has 28 heavy (non-hydrogen) atoms. The van der Waals surface area contributed by atoms with Crippen LogP contribution in [0, 0.1) is 0 Å². The van der Waals surface area contributed by atoms with E-state index in [4.69, 9.17) is 4.74 Å². The highest BCUT2D eigenvalue weighted by Gasteiger charge is 2.40. The van der Waals surface area contributed by atoms with Gasteiger partial charge in [0, 0.05) is 32.6 Å². The number of benzene rings is 1. The number of fused-ring (bicyclic) bond motifs is 1. The molecule has 0 unspecified atom stereocenters. The molecule has 1 aromatic carbocycles. The Morgan fingerprint density at radius 2 is 1.79 bits per heavy atom. The summed E-state index contributed by atoms with van der Waals surface area (Å²) in [6.07, 6.45) is 5.34. The van der Waals surface area contributed by atoms with Crippen molar-refractivity contribution >= 4 is 11.8 Å². The number of ether oxygens (including phenoxy) is 1. The van der Waals surface area contributed by atoms with Crippen molar-refractivity contribution in [3.05, 3.63) is 29.8 Å². The third-order valence-corrected chi connectivity index (χ3v) is 6.33. The first kappa shape index (κ1) is 20.6. The molecule has 2 aliphatic heterocycles. The van der Waals surface area contributed by atoms with Crippen LogP contribution in [0.5, 0.6) is 5.75 Å². The maximum atomic E-state index is 13.2. The predicted octanol–water partition coefficient (Wildman–Crippen LogP) is 2.63. The molecule has 1 aromatic rings. The highest BCUT2D eigenvalue weighted by molar-refractivity contribution is 5.96. The van der Waals surface area contributed by atoms with Crippen LogP contribution in [0.1, 0.15) is 49.4 Å². The number of para-hydroxylation sites is 1. The largest absolute Gasteiger partial charge is 0.491 e. The van der Waals surface area contributed by atoms with E-state index in [1.807, 2.05) is 41.1 Å². The SMILES string of the molecule is CC(=O)N1CCCC[C@@]2(CCCN2C)CN(C)C(=O)c2ccccc2OCC1. The van der Waals surface area contributed by atoms with Gasteiger partial charge >= 0.3 is 0 Å². The van der Waals surface area contributed by atoms with Gasteiger partial charge in [0.1, 0.15) is 12.4 Å². The van der Waals surface area contributed by atoms with E-state index in [0.717, 1.165) is 45.2 Å². The fourth-order valence-corrected chi connectivity index (χ4v) is 4.61. The van der Waals surface area contributed by atoms with E-state index >= 15 is 0 Å². The Morgan fingerprint density at radius 1 is 1.04 bits per heavy atom. The van der Waals surface area contributed by atoms with Crippen LogP contribution in [0.3, 0.4) is 0 Å². The molecule has 6 heteroatoms. The second-order valence-electron chi connectivity index (χ2n) is 8.22. The minimum atomic E-state index is -0.00393. The summed E-state index contributed by atoms with van der Waals surface area (Å²) in [6, 6.07) is 7.41. The summed E-state index contributed by atoms with van der Waals surface area (Å²) < 4.78 is 5.92. The minimum Gasteiger partial charge on any atom is -0.491 e. The van der Waals surface area contributed by atoms with Crippen molar-refractivity contribution < 1.29 is 14.3 Å². The van der Waals surface area contributed by atoms with E-state index in [9.17, 15) is 9.59 Å². The van der Waals surface area contributed by atoms with Gasteiger partial charge in [-0.2, -0.15) is 0 Å². The first-order valence-electron chi connectivity index (χ1n) is 10.4. The van der Waals surface area contributed by atoms with E-state index in [1.54, 1.807) is 6.92 Å². The molecule has 0 bridgehead atoms. The number of rotatable bonds is 0. The third-order valence-electron chi connectivity index (χ3n) is 6.33.